The number of phenolic OH excluding ortho intramolecular Hbond substituents is 1. The van der Waals surface area contributed by atoms with Crippen LogP contribution in [0.15, 0.2) is 127 Å². The molecule has 0 unspecified atom stereocenters. The number of imide groups is 2. The zero-order valence-electron chi connectivity index (χ0n) is 33.1. The minimum absolute atomic E-state index is 0.131. The first-order valence-corrected chi connectivity index (χ1v) is 20.1. The Morgan fingerprint density at radius 3 is 2.15 bits per heavy atom. The maximum atomic E-state index is 15.4. The molecule has 10 nitrogen and oxygen atoms in total. The highest BCUT2D eigenvalue weighted by Gasteiger charge is 2.70. The molecule has 2 saturated heterocycles. The summed E-state index contributed by atoms with van der Waals surface area (Å²) in [7, 11) is 4.66. The normalized spacial score (nSPS) is 24.6. The highest BCUT2D eigenvalue weighted by Crippen LogP contribution is 2.65. The van der Waals surface area contributed by atoms with E-state index in [2.05, 4.69) is 0 Å². The first-order valence-electron chi connectivity index (χ1n) is 19.7. The topological polar surface area (TPSA) is 123 Å². The fourth-order valence-electron chi connectivity index (χ4n) is 10.1. The van der Waals surface area contributed by atoms with Gasteiger partial charge in [-0.05, 0) is 96.1 Å². The SMILES string of the molecule is COc1ccc(OC)c(C=Cc2ccc(N3C(=O)[C@H]4[C@H](CC=C5[C@H]4C[C@H]4C(=O)N(c6cccc(Cl)c6)C(=O)[C@@]4(c4ccccc4)[C@H]5c4ccc(OC)c(O)c4)C3=O)cc2)c1. The van der Waals surface area contributed by atoms with Crippen molar-refractivity contribution in [1.82, 2.24) is 0 Å². The van der Waals surface area contributed by atoms with Crippen LogP contribution in [-0.4, -0.2) is 50.1 Å². The number of fused-ring (bicyclic) bond motifs is 4. The monoisotopic (exact) mass is 820 g/mol. The Balaban J connectivity index is 1.12. The molecular formula is C49H41ClN2O8. The summed E-state index contributed by atoms with van der Waals surface area (Å²) in [5.74, 6) is -3.78. The Morgan fingerprint density at radius 2 is 1.45 bits per heavy atom. The highest BCUT2D eigenvalue weighted by atomic mass is 35.5. The number of ether oxygens (including phenoxy) is 3. The summed E-state index contributed by atoms with van der Waals surface area (Å²) in [6.07, 6.45) is 6.22. The zero-order valence-corrected chi connectivity index (χ0v) is 33.8. The van der Waals surface area contributed by atoms with E-state index in [0.29, 0.717) is 39.0 Å². The highest BCUT2D eigenvalue weighted by molar-refractivity contribution is 6.32. The molecule has 4 aliphatic rings. The van der Waals surface area contributed by atoms with E-state index in [-0.39, 0.29) is 36.2 Å². The summed E-state index contributed by atoms with van der Waals surface area (Å²) in [5, 5.41) is 11.6. The molecule has 3 fully saturated rings. The van der Waals surface area contributed by atoms with Crippen LogP contribution in [0, 0.1) is 23.7 Å². The predicted octanol–water partition coefficient (Wildman–Crippen LogP) is 8.61. The van der Waals surface area contributed by atoms with Gasteiger partial charge in [-0.2, -0.15) is 0 Å². The molecule has 4 amide bonds. The molecule has 2 aliphatic heterocycles. The number of allylic oxidation sites excluding steroid dienone is 2. The van der Waals surface area contributed by atoms with E-state index < -0.39 is 46.8 Å². The summed E-state index contributed by atoms with van der Waals surface area (Å²) in [6.45, 7) is 0. The van der Waals surface area contributed by atoms with E-state index in [0.717, 1.165) is 16.7 Å². The van der Waals surface area contributed by atoms with Gasteiger partial charge in [-0.3, -0.25) is 24.1 Å². The molecule has 60 heavy (non-hydrogen) atoms. The number of hydrogen-bond donors (Lipinski definition) is 1. The number of rotatable bonds is 9. The molecule has 9 rings (SSSR count). The first kappa shape index (κ1) is 38.8. The van der Waals surface area contributed by atoms with Gasteiger partial charge in [0, 0.05) is 16.5 Å². The number of phenols is 1. The van der Waals surface area contributed by atoms with Gasteiger partial charge in [0.15, 0.2) is 11.5 Å². The summed E-state index contributed by atoms with van der Waals surface area (Å²) < 4.78 is 16.3. The lowest BCUT2D eigenvalue weighted by atomic mass is 9.49. The van der Waals surface area contributed by atoms with Crippen LogP contribution >= 0.6 is 11.6 Å². The van der Waals surface area contributed by atoms with Crippen LogP contribution in [0.5, 0.6) is 23.0 Å². The van der Waals surface area contributed by atoms with Crippen LogP contribution in [0.4, 0.5) is 11.4 Å². The number of nitrogens with zero attached hydrogens (tertiary/aromatic N) is 2. The molecule has 302 valence electrons. The molecule has 2 heterocycles. The van der Waals surface area contributed by atoms with E-state index in [1.165, 1.54) is 16.9 Å². The molecule has 1 N–H and O–H groups in total. The molecule has 11 heteroatoms. The molecule has 0 aromatic heterocycles. The summed E-state index contributed by atoms with van der Waals surface area (Å²) >= 11 is 6.43. The van der Waals surface area contributed by atoms with E-state index in [1.54, 1.807) is 68.8 Å². The van der Waals surface area contributed by atoms with Crippen molar-refractivity contribution in [2.75, 3.05) is 31.1 Å². The quantitative estimate of drug-likeness (QED) is 0.0892. The fourth-order valence-corrected chi connectivity index (χ4v) is 10.3. The third kappa shape index (κ3) is 6.00. The number of anilines is 2. The number of carbonyl (C=O) groups is 4. The van der Waals surface area contributed by atoms with Crippen molar-refractivity contribution < 1.29 is 38.5 Å². The maximum Gasteiger partial charge on any atom is 0.246 e. The van der Waals surface area contributed by atoms with E-state index in [9.17, 15) is 14.7 Å². The van der Waals surface area contributed by atoms with Crippen molar-refractivity contribution in [3.05, 3.63) is 154 Å². The Hall–Kier alpha value is -6.65. The summed E-state index contributed by atoms with van der Waals surface area (Å²) in [5.41, 5.74) is 2.97. The molecule has 0 bridgehead atoms. The van der Waals surface area contributed by atoms with Crippen molar-refractivity contribution >= 4 is 58.8 Å². The lowest BCUT2D eigenvalue weighted by Gasteiger charge is -2.50. The van der Waals surface area contributed by atoms with Crippen LogP contribution < -0.4 is 24.0 Å². The standard InChI is InChI=1S/C49H41ClN2O8/c1-58-35-19-23-41(59-2)29(24-35)15-12-28-13-17-33(18-14-28)51-45(54)37-21-20-36-38(43(37)47(51)56)27-39-46(55)52(34-11-7-10-32(50)26-34)48(57)49(39,31-8-5-4-6-9-31)44(36)30-16-22-42(60-3)40(53)25-30/h4-20,22-26,37-39,43-44,53H,21,27H2,1-3H3/t37-,38+,39-,43-,44-,49+/m0/s1. The van der Waals surface area contributed by atoms with Crippen LogP contribution in [0.1, 0.15) is 41.0 Å². The van der Waals surface area contributed by atoms with Crippen molar-refractivity contribution in [3.8, 4) is 23.0 Å². The van der Waals surface area contributed by atoms with Gasteiger partial charge < -0.3 is 19.3 Å². The molecular weight excluding hydrogens is 780 g/mol. The van der Waals surface area contributed by atoms with Gasteiger partial charge in [0.2, 0.25) is 23.6 Å². The number of carbonyl (C=O) groups excluding carboxylic acids is 4. The third-order valence-electron chi connectivity index (χ3n) is 12.7. The zero-order chi connectivity index (χ0) is 41.9. The molecule has 0 radical (unpaired) electrons. The summed E-state index contributed by atoms with van der Waals surface area (Å²) in [4.78, 5) is 62.2. The van der Waals surface area contributed by atoms with E-state index >= 15 is 9.59 Å². The molecule has 5 aromatic carbocycles. The van der Waals surface area contributed by atoms with Gasteiger partial charge in [-0.15, -0.1) is 0 Å². The van der Waals surface area contributed by atoms with Gasteiger partial charge in [-0.25, -0.2) is 4.90 Å². The van der Waals surface area contributed by atoms with Crippen molar-refractivity contribution in [2.45, 2.75) is 24.2 Å². The smallest absolute Gasteiger partial charge is 0.246 e. The Bertz CT molecular complexity index is 2620. The Kier molecular flexibility index (Phi) is 9.83. The van der Waals surface area contributed by atoms with Crippen molar-refractivity contribution in [3.63, 3.8) is 0 Å². The van der Waals surface area contributed by atoms with Crippen LogP contribution in [0.3, 0.4) is 0 Å². The van der Waals surface area contributed by atoms with Gasteiger partial charge in [0.25, 0.3) is 0 Å². The Morgan fingerprint density at radius 1 is 0.700 bits per heavy atom. The maximum absolute atomic E-state index is 15.4. The summed E-state index contributed by atoms with van der Waals surface area (Å²) in [6, 6.07) is 33.7. The van der Waals surface area contributed by atoms with Gasteiger partial charge >= 0.3 is 0 Å². The van der Waals surface area contributed by atoms with Gasteiger partial charge in [0.1, 0.15) is 11.5 Å². The second kappa shape index (κ2) is 15.2. The number of hydrogen-bond acceptors (Lipinski definition) is 8. The van der Waals surface area contributed by atoms with Crippen LogP contribution in [0.2, 0.25) is 5.02 Å². The second-order valence-corrected chi connectivity index (χ2v) is 16.0. The lowest BCUT2D eigenvalue weighted by molar-refractivity contribution is -0.127. The van der Waals surface area contributed by atoms with Gasteiger partial charge in [-0.1, -0.05) is 90.0 Å². The molecule has 0 spiro atoms. The molecule has 5 aromatic rings. The lowest BCUT2D eigenvalue weighted by Crippen LogP contribution is -2.53. The average molecular weight is 821 g/mol. The molecule has 1 saturated carbocycles. The van der Waals surface area contributed by atoms with Gasteiger partial charge in [0.05, 0.1) is 55.9 Å². The predicted molar refractivity (Wildman–Crippen MR) is 228 cm³/mol. The van der Waals surface area contributed by atoms with Crippen LogP contribution in [0.25, 0.3) is 12.2 Å². The second-order valence-electron chi connectivity index (χ2n) is 15.6. The minimum Gasteiger partial charge on any atom is -0.504 e. The van der Waals surface area contributed by atoms with Crippen molar-refractivity contribution in [2.24, 2.45) is 23.7 Å². The number of aromatic hydroxyl groups is 1. The largest absolute Gasteiger partial charge is 0.504 e. The average Bonchev–Trinajstić information content (AvgIpc) is 3.66. The first-order chi connectivity index (χ1) is 29.1. The molecule has 2 aliphatic carbocycles. The van der Waals surface area contributed by atoms with E-state index in [1.807, 2.05) is 78.9 Å². The number of benzene rings is 5. The third-order valence-corrected chi connectivity index (χ3v) is 13.0. The fraction of sp³-hybridized carbons (Fsp3) is 0.224. The minimum atomic E-state index is -1.47. The number of amides is 4. The Labute approximate surface area is 352 Å². The number of halogens is 1. The van der Waals surface area contributed by atoms with Crippen molar-refractivity contribution in [1.29, 1.82) is 0 Å². The molecule has 6 atom stereocenters. The van der Waals surface area contributed by atoms with Crippen LogP contribution in [-0.2, 0) is 24.6 Å². The number of methoxy groups -OCH3 is 3. The van der Waals surface area contributed by atoms with E-state index in [4.69, 9.17) is 25.8 Å².